The van der Waals surface area contributed by atoms with E-state index in [0.717, 1.165) is 0 Å². The number of methoxy groups -OCH3 is 2. The standard InChI is InChI=1S/C18H17Cl3N4O5S/c1-29-12-5-3-4-10(8-12)15(26)23-16(18(19,20)21)24-17(31)22-13-9-11(25(27)28)6-7-14(13)30-2/h3-9,16H,1-2H3,(H,23,26)(H2,22,24,31). The molecule has 1 unspecified atom stereocenters. The zero-order valence-corrected chi connectivity index (χ0v) is 19.2. The van der Waals surface area contributed by atoms with Gasteiger partial charge in [-0.3, -0.25) is 14.9 Å². The lowest BCUT2D eigenvalue weighted by atomic mass is 10.2. The zero-order valence-electron chi connectivity index (χ0n) is 16.1. The highest BCUT2D eigenvalue weighted by atomic mass is 35.6. The second kappa shape index (κ2) is 10.7. The number of alkyl halides is 3. The van der Waals surface area contributed by atoms with Crippen molar-refractivity contribution >= 4 is 69.4 Å². The smallest absolute Gasteiger partial charge is 0.271 e. The molecule has 2 aromatic carbocycles. The molecule has 13 heteroatoms. The predicted octanol–water partition coefficient (Wildman–Crippen LogP) is 4.02. The number of carbonyl (C=O) groups excluding carboxylic acids is 1. The fourth-order valence-corrected chi connectivity index (χ4v) is 2.93. The maximum atomic E-state index is 12.6. The van der Waals surface area contributed by atoms with Gasteiger partial charge in [0, 0.05) is 17.7 Å². The molecule has 31 heavy (non-hydrogen) atoms. The number of nitro benzene ring substituents is 1. The summed E-state index contributed by atoms with van der Waals surface area (Å²) in [4.78, 5) is 23.0. The van der Waals surface area contributed by atoms with E-state index in [4.69, 9.17) is 56.5 Å². The van der Waals surface area contributed by atoms with Crippen molar-refractivity contribution in [3.63, 3.8) is 0 Å². The minimum Gasteiger partial charge on any atom is -0.497 e. The SMILES string of the molecule is COc1cccc(C(=O)NC(NC(=S)Nc2cc([N+](=O)[O-])ccc2OC)C(Cl)(Cl)Cl)c1. The monoisotopic (exact) mass is 506 g/mol. The molecule has 166 valence electrons. The van der Waals surface area contributed by atoms with Crippen molar-refractivity contribution in [2.75, 3.05) is 19.5 Å². The summed E-state index contributed by atoms with van der Waals surface area (Å²) in [6, 6.07) is 10.3. The fraction of sp³-hybridized carbons (Fsp3) is 0.222. The molecule has 2 aromatic rings. The quantitative estimate of drug-likeness (QED) is 0.169. The lowest BCUT2D eigenvalue weighted by Crippen LogP contribution is -2.56. The van der Waals surface area contributed by atoms with E-state index in [1.54, 1.807) is 18.2 Å². The second-order valence-electron chi connectivity index (χ2n) is 5.92. The van der Waals surface area contributed by atoms with Crippen molar-refractivity contribution < 1.29 is 19.2 Å². The molecule has 1 amide bonds. The number of benzene rings is 2. The van der Waals surface area contributed by atoms with Crippen LogP contribution in [0.3, 0.4) is 0 Å². The summed E-state index contributed by atoms with van der Waals surface area (Å²) in [5.41, 5.74) is 0.284. The van der Waals surface area contributed by atoms with Gasteiger partial charge in [0.25, 0.3) is 11.6 Å². The summed E-state index contributed by atoms with van der Waals surface area (Å²) in [7, 11) is 2.86. The van der Waals surface area contributed by atoms with Gasteiger partial charge in [-0.25, -0.2) is 0 Å². The number of nitrogens with zero attached hydrogens (tertiary/aromatic N) is 1. The van der Waals surface area contributed by atoms with Crippen molar-refractivity contribution in [2.45, 2.75) is 9.96 Å². The van der Waals surface area contributed by atoms with Gasteiger partial charge in [0.1, 0.15) is 17.7 Å². The molecule has 0 fully saturated rings. The molecular formula is C18H17Cl3N4O5S. The van der Waals surface area contributed by atoms with E-state index < -0.39 is 20.8 Å². The number of ether oxygens (including phenoxy) is 2. The van der Waals surface area contributed by atoms with Gasteiger partial charge in [-0.05, 0) is 36.5 Å². The molecule has 2 rings (SSSR count). The summed E-state index contributed by atoms with van der Waals surface area (Å²) < 4.78 is 8.26. The van der Waals surface area contributed by atoms with E-state index >= 15 is 0 Å². The number of anilines is 1. The van der Waals surface area contributed by atoms with Crippen LogP contribution in [0.1, 0.15) is 10.4 Å². The molecule has 0 radical (unpaired) electrons. The van der Waals surface area contributed by atoms with Crippen LogP contribution in [0.5, 0.6) is 11.5 Å². The topological polar surface area (TPSA) is 115 Å². The van der Waals surface area contributed by atoms with Crippen molar-refractivity contribution in [1.29, 1.82) is 0 Å². The van der Waals surface area contributed by atoms with Gasteiger partial charge in [0.2, 0.25) is 3.79 Å². The maximum Gasteiger partial charge on any atom is 0.271 e. The molecule has 0 aliphatic rings. The Labute approximate surface area is 198 Å². The number of carbonyl (C=O) groups is 1. The third-order valence-corrected chi connectivity index (χ3v) is 4.73. The number of nitro groups is 1. The lowest BCUT2D eigenvalue weighted by Gasteiger charge is -2.28. The van der Waals surface area contributed by atoms with Crippen molar-refractivity contribution in [1.82, 2.24) is 10.6 Å². The Kier molecular flexibility index (Phi) is 8.52. The third kappa shape index (κ3) is 7.00. The molecular weight excluding hydrogens is 491 g/mol. The van der Waals surface area contributed by atoms with Crippen LogP contribution in [0, 0.1) is 10.1 Å². The Morgan fingerprint density at radius 2 is 1.84 bits per heavy atom. The van der Waals surface area contributed by atoms with E-state index in [1.807, 2.05) is 0 Å². The first-order valence-corrected chi connectivity index (χ1v) is 10.0. The number of rotatable bonds is 7. The van der Waals surface area contributed by atoms with E-state index in [0.29, 0.717) is 11.5 Å². The average Bonchev–Trinajstić information content (AvgIpc) is 2.72. The van der Waals surface area contributed by atoms with E-state index in [9.17, 15) is 14.9 Å². The molecule has 0 aromatic heterocycles. The van der Waals surface area contributed by atoms with Crippen LogP contribution in [-0.4, -0.2) is 40.1 Å². The number of thiocarbonyl (C=S) groups is 1. The van der Waals surface area contributed by atoms with Gasteiger partial charge >= 0.3 is 0 Å². The highest BCUT2D eigenvalue weighted by Crippen LogP contribution is 2.31. The summed E-state index contributed by atoms with van der Waals surface area (Å²) in [5, 5.41) is 18.9. The predicted molar refractivity (Wildman–Crippen MR) is 124 cm³/mol. The van der Waals surface area contributed by atoms with E-state index in [2.05, 4.69) is 16.0 Å². The van der Waals surface area contributed by atoms with Crippen LogP contribution in [-0.2, 0) is 0 Å². The highest BCUT2D eigenvalue weighted by molar-refractivity contribution is 7.80. The number of amides is 1. The number of halogens is 3. The average molecular weight is 508 g/mol. The van der Waals surface area contributed by atoms with Crippen LogP contribution in [0.25, 0.3) is 0 Å². The molecule has 9 nitrogen and oxygen atoms in total. The molecule has 0 saturated carbocycles. The Morgan fingerprint density at radius 1 is 1.13 bits per heavy atom. The zero-order chi connectivity index (χ0) is 23.2. The van der Waals surface area contributed by atoms with E-state index in [-0.39, 0.29) is 22.1 Å². The molecule has 0 heterocycles. The van der Waals surface area contributed by atoms with Gasteiger partial charge in [-0.1, -0.05) is 40.9 Å². The molecule has 0 aliphatic carbocycles. The van der Waals surface area contributed by atoms with Gasteiger partial charge < -0.3 is 25.4 Å². The molecule has 0 aliphatic heterocycles. The first-order valence-electron chi connectivity index (χ1n) is 8.46. The minimum atomic E-state index is -1.99. The molecule has 3 N–H and O–H groups in total. The van der Waals surface area contributed by atoms with Crippen LogP contribution >= 0.6 is 47.0 Å². The van der Waals surface area contributed by atoms with Gasteiger partial charge in [0.05, 0.1) is 24.8 Å². The first kappa shape index (κ1) is 24.7. The van der Waals surface area contributed by atoms with Crippen molar-refractivity contribution in [3.8, 4) is 11.5 Å². The van der Waals surface area contributed by atoms with Crippen LogP contribution < -0.4 is 25.4 Å². The Morgan fingerprint density at radius 3 is 2.42 bits per heavy atom. The summed E-state index contributed by atoms with van der Waals surface area (Å²) in [6.45, 7) is 0. The van der Waals surface area contributed by atoms with Gasteiger partial charge in [-0.2, -0.15) is 0 Å². The maximum absolute atomic E-state index is 12.6. The van der Waals surface area contributed by atoms with E-state index in [1.165, 1.54) is 38.5 Å². The molecule has 0 bridgehead atoms. The largest absolute Gasteiger partial charge is 0.497 e. The molecule has 1 atom stereocenters. The Bertz CT molecular complexity index is 987. The Balaban J connectivity index is 2.17. The van der Waals surface area contributed by atoms with Gasteiger partial charge in [0.15, 0.2) is 5.11 Å². The summed E-state index contributed by atoms with van der Waals surface area (Å²) >= 11 is 23.2. The highest BCUT2D eigenvalue weighted by Gasteiger charge is 2.35. The van der Waals surface area contributed by atoms with Crippen molar-refractivity contribution in [2.24, 2.45) is 0 Å². The molecule has 0 spiro atoms. The third-order valence-electron chi connectivity index (χ3n) is 3.85. The van der Waals surface area contributed by atoms with Gasteiger partial charge in [-0.15, -0.1) is 0 Å². The molecule has 0 saturated heterocycles. The van der Waals surface area contributed by atoms with Crippen LogP contribution in [0.2, 0.25) is 0 Å². The fourth-order valence-electron chi connectivity index (χ4n) is 2.38. The Hall–Kier alpha value is -2.53. The summed E-state index contributed by atoms with van der Waals surface area (Å²) in [6.07, 6.45) is -1.25. The number of hydrogen-bond donors (Lipinski definition) is 3. The number of hydrogen-bond acceptors (Lipinski definition) is 6. The number of non-ortho nitro benzene ring substituents is 1. The normalized spacial score (nSPS) is 11.8. The van der Waals surface area contributed by atoms with Crippen molar-refractivity contribution in [3.05, 3.63) is 58.1 Å². The number of nitrogens with one attached hydrogen (secondary N) is 3. The van der Waals surface area contributed by atoms with Crippen LogP contribution in [0.15, 0.2) is 42.5 Å². The minimum absolute atomic E-state index is 0.0823. The van der Waals surface area contributed by atoms with Crippen LogP contribution in [0.4, 0.5) is 11.4 Å². The lowest BCUT2D eigenvalue weighted by molar-refractivity contribution is -0.384. The second-order valence-corrected chi connectivity index (χ2v) is 8.70. The summed E-state index contributed by atoms with van der Waals surface area (Å²) in [5.74, 6) is 0.208. The first-order chi connectivity index (χ1) is 14.5.